The minimum Gasteiger partial charge on any atom is -0.384 e. The summed E-state index contributed by atoms with van der Waals surface area (Å²) in [4.78, 5) is 27.0. The van der Waals surface area contributed by atoms with E-state index < -0.39 is 5.54 Å². The maximum Gasteiger partial charge on any atom is 0.246 e. The average molecular weight is 464 g/mol. The van der Waals surface area contributed by atoms with Gasteiger partial charge in [-0.3, -0.25) is 15.0 Å². The normalized spacial score (nSPS) is 15.1. The van der Waals surface area contributed by atoms with Gasteiger partial charge in [0.05, 0.1) is 6.04 Å². The third-order valence-corrected chi connectivity index (χ3v) is 6.31. The third kappa shape index (κ3) is 6.03. The van der Waals surface area contributed by atoms with E-state index in [-0.39, 0.29) is 29.6 Å². The molecule has 0 fully saturated rings. The highest BCUT2D eigenvalue weighted by Crippen LogP contribution is 2.31. The molecule has 1 atom stereocenters. The molecule has 2 aromatic carbocycles. The highest BCUT2D eigenvalue weighted by Gasteiger charge is 2.46. The van der Waals surface area contributed by atoms with Crippen LogP contribution in [0.3, 0.4) is 0 Å². The van der Waals surface area contributed by atoms with Gasteiger partial charge in [-0.05, 0) is 35.1 Å². The van der Waals surface area contributed by atoms with Crippen LogP contribution in [0, 0.1) is 17.2 Å². The third-order valence-electron chi connectivity index (χ3n) is 6.31. The molecule has 0 spiro atoms. The van der Waals surface area contributed by atoms with Gasteiger partial charge in [-0.2, -0.15) is 0 Å². The lowest BCUT2D eigenvalue weighted by Crippen LogP contribution is -2.63. The molecule has 7 heteroatoms. The Morgan fingerprint density at radius 3 is 2.09 bits per heavy atom. The first-order valence-electron chi connectivity index (χ1n) is 11.9. The van der Waals surface area contributed by atoms with Gasteiger partial charge in [-0.25, -0.2) is 0 Å². The van der Waals surface area contributed by atoms with Crippen molar-refractivity contribution in [2.45, 2.75) is 58.7 Å². The Labute approximate surface area is 202 Å². The van der Waals surface area contributed by atoms with Crippen LogP contribution in [0.4, 0.5) is 0 Å². The summed E-state index contributed by atoms with van der Waals surface area (Å²) < 4.78 is 0. The van der Waals surface area contributed by atoms with Crippen LogP contribution >= 0.6 is 0 Å². The number of hydrogen-bond acceptors (Lipinski definition) is 4. The highest BCUT2D eigenvalue weighted by molar-refractivity contribution is 5.95. The molecule has 0 heterocycles. The molecule has 1 aliphatic carbocycles. The summed E-state index contributed by atoms with van der Waals surface area (Å²) in [6, 6.07) is 14.8. The Morgan fingerprint density at radius 1 is 1.00 bits per heavy atom. The Hall–Kier alpha value is -3.19. The van der Waals surface area contributed by atoms with Crippen LogP contribution in [-0.2, 0) is 29.0 Å². The number of carbonyl (C=O) groups is 2. The molecule has 2 aromatic rings. The van der Waals surface area contributed by atoms with Crippen molar-refractivity contribution in [2.24, 2.45) is 17.6 Å². The van der Waals surface area contributed by atoms with Crippen molar-refractivity contribution in [1.82, 2.24) is 16.0 Å². The van der Waals surface area contributed by atoms with Gasteiger partial charge < -0.3 is 21.7 Å². The largest absolute Gasteiger partial charge is 0.384 e. The number of fused-ring (bicyclic) bond motifs is 1. The van der Waals surface area contributed by atoms with Gasteiger partial charge in [-0.15, -0.1) is 0 Å². The van der Waals surface area contributed by atoms with E-state index in [1.807, 2.05) is 50.2 Å². The molecule has 34 heavy (non-hydrogen) atoms. The number of nitrogens with two attached hydrogens (primary N) is 1. The summed E-state index contributed by atoms with van der Waals surface area (Å²) in [5.41, 5.74) is 8.19. The van der Waals surface area contributed by atoms with Crippen molar-refractivity contribution in [2.75, 3.05) is 6.54 Å². The SMILES string of the molecule is CC(C)CN[C@@H](C(=O)NC1(C(=O)NCc2ccc(C(=N)N)cc2)Cc2ccccc2C1)C(C)C. The van der Waals surface area contributed by atoms with Crippen molar-refractivity contribution in [3.63, 3.8) is 0 Å². The van der Waals surface area contributed by atoms with E-state index >= 15 is 0 Å². The summed E-state index contributed by atoms with van der Waals surface area (Å²) in [6.45, 7) is 9.29. The Morgan fingerprint density at radius 2 is 1.59 bits per heavy atom. The quantitative estimate of drug-likeness (QED) is 0.275. The first-order chi connectivity index (χ1) is 16.1. The molecule has 0 saturated carbocycles. The van der Waals surface area contributed by atoms with Crippen LogP contribution in [0.15, 0.2) is 48.5 Å². The fourth-order valence-corrected chi connectivity index (χ4v) is 4.38. The topological polar surface area (TPSA) is 120 Å². The minimum atomic E-state index is -1.03. The van der Waals surface area contributed by atoms with Crippen LogP contribution in [0.25, 0.3) is 0 Å². The molecule has 0 unspecified atom stereocenters. The zero-order valence-electron chi connectivity index (χ0n) is 20.6. The van der Waals surface area contributed by atoms with Crippen molar-refractivity contribution in [3.05, 3.63) is 70.8 Å². The predicted molar refractivity (Wildman–Crippen MR) is 135 cm³/mol. The van der Waals surface area contributed by atoms with Crippen LogP contribution in [0.1, 0.15) is 49.9 Å². The van der Waals surface area contributed by atoms with Crippen LogP contribution < -0.4 is 21.7 Å². The number of hydrogen-bond donors (Lipinski definition) is 5. The lowest BCUT2D eigenvalue weighted by atomic mass is 9.92. The molecule has 0 saturated heterocycles. The number of amides is 2. The first kappa shape index (κ1) is 25.4. The first-order valence-corrected chi connectivity index (χ1v) is 11.9. The van der Waals surface area contributed by atoms with Crippen LogP contribution in [0.5, 0.6) is 0 Å². The Balaban J connectivity index is 1.78. The molecular formula is C27H37N5O2. The maximum absolute atomic E-state index is 13.6. The second-order valence-electron chi connectivity index (χ2n) is 10.0. The number of nitrogen functional groups attached to an aromatic ring is 1. The monoisotopic (exact) mass is 463 g/mol. The van der Waals surface area contributed by atoms with Gasteiger partial charge >= 0.3 is 0 Å². The molecule has 182 valence electrons. The van der Waals surface area contributed by atoms with Gasteiger partial charge in [0.15, 0.2) is 0 Å². The van der Waals surface area contributed by atoms with E-state index in [0.717, 1.165) is 23.2 Å². The van der Waals surface area contributed by atoms with Gasteiger partial charge in [0.2, 0.25) is 11.8 Å². The number of rotatable bonds is 10. The van der Waals surface area contributed by atoms with Gasteiger partial charge in [-0.1, -0.05) is 76.2 Å². The van der Waals surface area contributed by atoms with E-state index in [1.54, 1.807) is 12.1 Å². The summed E-state index contributed by atoms with van der Waals surface area (Å²) in [5.74, 6) is 0.161. The van der Waals surface area contributed by atoms with E-state index in [1.165, 1.54) is 0 Å². The average Bonchev–Trinajstić information content (AvgIpc) is 3.16. The zero-order valence-corrected chi connectivity index (χ0v) is 20.6. The lowest BCUT2D eigenvalue weighted by molar-refractivity contribution is -0.135. The number of nitrogens with one attached hydrogen (secondary N) is 4. The van der Waals surface area contributed by atoms with E-state index in [4.69, 9.17) is 11.1 Å². The summed E-state index contributed by atoms with van der Waals surface area (Å²) >= 11 is 0. The fourth-order valence-electron chi connectivity index (χ4n) is 4.38. The smallest absolute Gasteiger partial charge is 0.246 e. The Bertz CT molecular complexity index is 1000. The molecule has 0 aliphatic heterocycles. The second kappa shape index (κ2) is 10.8. The minimum absolute atomic E-state index is 0.00625. The molecule has 2 amide bonds. The number of amidine groups is 1. The summed E-state index contributed by atoms with van der Waals surface area (Å²) in [5, 5.41) is 17.1. The molecule has 0 radical (unpaired) electrons. The molecular weight excluding hydrogens is 426 g/mol. The zero-order chi connectivity index (χ0) is 24.9. The predicted octanol–water partition coefficient (Wildman–Crippen LogP) is 2.51. The number of carbonyl (C=O) groups excluding carboxylic acids is 2. The Kier molecular flexibility index (Phi) is 8.10. The molecule has 3 rings (SSSR count). The van der Waals surface area contributed by atoms with E-state index in [2.05, 4.69) is 29.8 Å². The van der Waals surface area contributed by atoms with Gasteiger partial charge in [0, 0.05) is 24.9 Å². The van der Waals surface area contributed by atoms with E-state index in [0.29, 0.717) is 30.9 Å². The van der Waals surface area contributed by atoms with Crippen molar-refractivity contribution >= 4 is 17.6 Å². The van der Waals surface area contributed by atoms with Gasteiger partial charge in [0.25, 0.3) is 0 Å². The van der Waals surface area contributed by atoms with E-state index in [9.17, 15) is 9.59 Å². The van der Waals surface area contributed by atoms with Crippen molar-refractivity contribution in [1.29, 1.82) is 5.41 Å². The van der Waals surface area contributed by atoms with Crippen molar-refractivity contribution in [3.8, 4) is 0 Å². The van der Waals surface area contributed by atoms with Crippen LogP contribution in [-0.4, -0.2) is 35.8 Å². The molecule has 1 aliphatic rings. The second-order valence-corrected chi connectivity index (χ2v) is 10.0. The highest BCUT2D eigenvalue weighted by atomic mass is 16.2. The molecule has 7 nitrogen and oxygen atoms in total. The molecule has 0 bridgehead atoms. The lowest BCUT2D eigenvalue weighted by Gasteiger charge is -2.32. The number of benzene rings is 2. The maximum atomic E-state index is 13.6. The fraction of sp³-hybridized carbons (Fsp3) is 0.444. The van der Waals surface area contributed by atoms with Crippen LogP contribution in [0.2, 0.25) is 0 Å². The van der Waals surface area contributed by atoms with Crippen molar-refractivity contribution < 1.29 is 9.59 Å². The van der Waals surface area contributed by atoms with Gasteiger partial charge in [0.1, 0.15) is 11.4 Å². The molecule has 0 aromatic heterocycles. The summed E-state index contributed by atoms with van der Waals surface area (Å²) in [7, 11) is 0. The standard InChI is InChI=1S/C27H37N5O2/c1-17(2)15-30-23(18(3)4)25(33)32-27(13-21-7-5-6-8-22(21)14-27)26(34)31-16-19-9-11-20(12-10-19)24(28)29/h5-12,17-18,23,30H,13-16H2,1-4H3,(H3,28,29)(H,31,34)(H,32,33)/t23-/m1/s1. The molecule has 6 N–H and O–H groups in total. The summed E-state index contributed by atoms with van der Waals surface area (Å²) in [6.07, 6.45) is 0.915.